The highest BCUT2D eigenvalue weighted by atomic mass is 79.9. The Balaban J connectivity index is 3.26. The summed E-state index contributed by atoms with van der Waals surface area (Å²) < 4.78 is 0.515. The van der Waals surface area contributed by atoms with Gasteiger partial charge < -0.3 is 0 Å². The lowest BCUT2D eigenvalue weighted by molar-refractivity contribution is -0.384. The monoisotopic (exact) mass is 242 g/mol. The third-order valence-corrected chi connectivity index (χ3v) is 1.98. The van der Waals surface area contributed by atoms with Crippen molar-refractivity contribution in [3.63, 3.8) is 0 Å². The first-order chi connectivity index (χ1) is 6.15. The molecule has 0 aliphatic heterocycles. The number of non-ortho nitro benzene ring substituents is 1. The highest BCUT2D eigenvalue weighted by Gasteiger charge is 2.08. The number of aliphatic imine (C=N–C) groups is 1. The molecule has 0 unspecified atom stereocenters. The fraction of sp³-hybridized carbons (Fsp3) is 0. The molecular formula is C7H3BrN2O3. The van der Waals surface area contributed by atoms with Gasteiger partial charge in [-0.2, -0.15) is 4.99 Å². The van der Waals surface area contributed by atoms with E-state index in [1.807, 2.05) is 0 Å². The van der Waals surface area contributed by atoms with Crippen LogP contribution in [-0.4, -0.2) is 11.0 Å². The van der Waals surface area contributed by atoms with Crippen molar-refractivity contribution in [2.24, 2.45) is 4.99 Å². The number of hydrogen-bond donors (Lipinski definition) is 0. The van der Waals surface area contributed by atoms with E-state index in [1.165, 1.54) is 24.3 Å². The van der Waals surface area contributed by atoms with Gasteiger partial charge in [0.2, 0.25) is 6.08 Å². The van der Waals surface area contributed by atoms with Crippen molar-refractivity contribution in [3.05, 3.63) is 32.8 Å². The second-order valence-electron chi connectivity index (χ2n) is 2.10. The van der Waals surface area contributed by atoms with Gasteiger partial charge in [-0.25, -0.2) is 4.79 Å². The molecule has 0 bridgehead atoms. The van der Waals surface area contributed by atoms with E-state index in [4.69, 9.17) is 0 Å². The molecule has 0 saturated carbocycles. The molecule has 0 atom stereocenters. The Bertz CT molecular complexity index is 399. The van der Waals surface area contributed by atoms with E-state index in [0.717, 1.165) is 0 Å². The zero-order valence-corrected chi connectivity index (χ0v) is 7.82. The predicted molar refractivity (Wildman–Crippen MR) is 48.6 cm³/mol. The van der Waals surface area contributed by atoms with E-state index >= 15 is 0 Å². The quantitative estimate of drug-likeness (QED) is 0.346. The van der Waals surface area contributed by atoms with Crippen molar-refractivity contribution in [3.8, 4) is 0 Å². The Hall–Kier alpha value is -1.52. The van der Waals surface area contributed by atoms with Gasteiger partial charge in [-0.3, -0.25) is 10.1 Å². The van der Waals surface area contributed by atoms with Crippen molar-refractivity contribution in [1.29, 1.82) is 0 Å². The van der Waals surface area contributed by atoms with Crippen LogP contribution in [0.4, 0.5) is 11.4 Å². The third kappa shape index (κ3) is 2.21. The van der Waals surface area contributed by atoms with Crippen LogP contribution in [0.2, 0.25) is 0 Å². The third-order valence-electron chi connectivity index (χ3n) is 1.31. The molecular weight excluding hydrogens is 240 g/mol. The van der Waals surface area contributed by atoms with E-state index in [0.29, 0.717) is 4.47 Å². The molecule has 1 aromatic carbocycles. The number of nitro groups is 1. The lowest BCUT2D eigenvalue weighted by atomic mass is 10.3. The minimum atomic E-state index is -0.559. The first-order valence-electron chi connectivity index (χ1n) is 3.17. The molecule has 66 valence electrons. The van der Waals surface area contributed by atoms with E-state index in [-0.39, 0.29) is 11.4 Å². The number of carbonyl (C=O) groups excluding carboxylic acids is 1. The maximum absolute atomic E-state index is 10.3. The van der Waals surface area contributed by atoms with Crippen LogP contribution in [-0.2, 0) is 4.79 Å². The maximum atomic E-state index is 10.3. The molecule has 0 aliphatic carbocycles. The van der Waals surface area contributed by atoms with Crippen LogP contribution in [0.1, 0.15) is 0 Å². The van der Waals surface area contributed by atoms with E-state index < -0.39 is 4.92 Å². The van der Waals surface area contributed by atoms with Crippen LogP contribution < -0.4 is 0 Å². The number of benzene rings is 1. The Morgan fingerprint density at radius 1 is 1.54 bits per heavy atom. The molecule has 0 aliphatic rings. The maximum Gasteiger partial charge on any atom is 0.271 e. The molecule has 1 rings (SSSR count). The van der Waals surface area contributed by atoms with Crippen molar-refractivity contribution in [2.75, 3.05) is 0 Å². The minimum absolute atomic E-state index is 0.114. The van der Waals surface area contributed by atoms with Gasteiger partial charge >= 0.3 is 0 Å². The topological polar surface area (TPSA) is 72.6 Å². The van der Waals surface area contributed by atoms with Crippen molar-refractivity contribution in [1.82, 2.24) is 0 Å². The smallest absolute Gasteiger partial charge is 0.258 e. The number of nitrogens with zero attached hydrogens (tertiary/aromatic N) is 2. The molecule has 0 N–H and O–H groups in total. The summed E-state index contributed by atoms with van der Waals surface area (Å²) in [4.78, 5) is 23.0. The molecule has 5 nitrogen and oxygen atoms in total. The molecule has 0 aromatic heterocycles. The molecule has 1 aromatic rings. The van der Waals surface area contributed by atoms with Gasteiger partial charge in [-0.1, -0.05) is 0 Å². The predicted octanol–water partition coefficient (Wildman–Crippen LogP) is 2.32. The summed E-state index contributed by atoms with van der Waals surface area (Å²) in [6, 6.07) is 3.96. The number of isocyanates is 1. The van der Waals surface area contributed by atoms with E-state index in [9.17, 15) is 14.9 Å². The van der Waals surface area contributed by atoms with Crippen LogP contribution in [0.15, 0.2) is 27.7 Å². The molecule has 0 amide bonds. The van der Waals surface area contributed by atoms with Gasteiger partial charge in [0, 0.05) is 16.6 Å². The average Bonchev–Trinajstić information content (AvgIpc) is 2.08. The first kappa shape index (κ1) is 9.57. The Kier molecular flexibility index (Phi) is 2.89. The van der Waals surface area contributed by atoms with Gasteiger partial charge in [0.15, 0.2) is 0 Å². The fourth-order valence-electron chi connectivity index (χ4n) is 0.749. The highest BCUT2D eigenvalue weighted by molar-refractivity contribution is 9.10. The largest absolute Gasteiger partial charge is 0.271 e. The average molecular weight is 243 g/mol. The van der Waals surface area contributed by atoms with Gasteiger partial charge in [0.1, 0.15) is 0 Å². The summed E-state index contributed by atoms with van der Waals surface area (Å²) >= 11 is 3.09. The second-order valence-corrected chi connectivity index (χ2v) is 2.95. The Morgan fingerprint density at radius 3 is 2.77 bits per heavy atom. The SMILES string of the molecule is O=C=Nc1cc([N+](=O)[O-])ccc1Br. The number of hydrogen-bond acceptors (Lipinski definition) is 4. The molecule has 6 heteroatoms. The van der Waals surface area contributed by atoms with Crippen molar-refractivity contribution in [2.45, 2.75) is 0 Å². The van der Waals surface area contributed by atoms with Crippen LogP contribution in [0.5, 0.6) is 0 Å². The summed E-state index contributed by atoms with van der Waals surface area (Å²) in [5.41, 5.74) is 0.0846. The molecule has 0 heterocycles. The number of rotatable bonds is 2. The summed E-state index contributed by atoms with van der Waals surface area (Å²) in [5, 5.41) is 10.3. The summed E-state index contributed by atoms with van der Waals surface area (Å²) in [6.07, 6.45) is 1.31. The van der Waals surface area contributed by atoms with Gasteiger partial charge in [0.25, 0.3) is 5.69 Å². The fourth-order valence-corrected chi connectivity index (χ4v) is 1.08. The van der Waals surface area contributed by atoms with Crippen molar-refractivity contribution >= 4 is 33.4 Å². The highest BCUT2D eigenvalue weighted by Crippen LogP contribution is 2.28. The standard InChI is InChI=1S/C7H3BrN2O3/c8-6-2-1-5(10(12)13)3-7(6)9-4-11/h1-3H. The van der Waals surface area contributed by atoms with E-state index in [2.05, 4.69) is 20.9 Å². The first-order valence-corrected chi connectivity index (χ1v) is 3.96. The van der Waals surface area contributed by atoms with Crippen LogP contribution in [0.25, 0.3) is 0 Å². The van der Waals surface area contributed by atoms with Crippen molar-refractivity contribution < 1.29 is 9.72 Å². The molecule has 0 fully saturated rings. The van der Waals surface area contributed by atoms with Crippen LogP contribution in [0.3, 0.4) is 0 Å². The summed E-state index contributed by atoms with van der Waals surface area (Å²) in [6.45, 7) is 0. The van der Waals surface area contributed by atoms with Crippen LogP contribution >= 0.6 is 15.9 Å². The number of halogens is 1. The van der Waals surface area contributed by atoms with Gasteiger partial charge in [-0.05, 0) is 22.0 Å². The molecule has 0 saturated heterocycles. The second kappa shape index (κ2) is 3.93. The van der Waals surface area contributed by atoms with E-state index in [1.54, 1.807) is 0 Å². The lowest BCUT2D eigenvalue weighted by Crippen LogP contribution is -1.86. The zero-order valence-electron chi connectivity index (χ0n) is 6.23. The Morgan fingerprint density at radius 2 is 2.23 bits per heavy atom. The molecule has 0 radical (unpaired) electrons. The van der Waals surface area contributed by atoms with Crippen LogP contribution in [0, 0.1) is 10.1 Å². The van der Waals surface area contributed by atoms with Gasteiger partial charge in [-0.15, -0.1) is 0 Å². The molecule has 0 spiro atoms. The number of nitro benzene ring substituents is 1. The lowest BCUT2D eigenvalue weighted by Gasteiger charge is -1.95. The summed E-state index contributed by atoms with van der Waals surface area (Å²) in [5.74, 6) is 0. The van der Waals surface area contributed by atoms with Gasteiger partial charge in [0.05, 0.1) is 10.6 Å². The molecule has 13 heavy (non-hydrogen) atoms. The summed E-state index contributed by atoms with van der Waals surface area (Å²) in [7, 11) is 0. The Labute approximate surface area is 81.4 Å². The normalized spacial score (nSPS) is 9.00. The minimum Gasteiger partial charge on any atom is -0.258 e. The zero-order chi connectivity index (χ0) is 9.84.